The summed E-state index contributed by atoms with van der Waals surface area (Å²) in [5, 5.41) is 10.6. The fourth-order valence-electron chi connectivity index (χ4n) is 1.02. The number of nitrogens with zero attached hydrogens (tertiary/aromatic N) is 1. The second kappa shape index (κ2) is 4.35. The first-order chi connectivity index (χ1) is 6.99. The lowest BCUT2D eigenvalue weighted by Crippen LogP contribution is -2.08. The van der Waals surface area contributed by atoms with Gasteiger partial charge < -0.3 is 4.74 Å². The lowest BCUT2D eigenvalue weighted by Gasteiger charge is -2.03. The standard InChI is InChI=1S/C8H5BrFNO4/c1-15-8(12)6-4(9)2-3-5(10)7(6)11(13)14/h2-3H,1H3. The third-order valence-electron chi connectivity index (χ3n) is 1.65. The van der Waals surface area contributed by atoms with Gasteiger partial charge in [-0.3, -0.25) is 10.1 Å². The normalized spacial score (nSPS) is 9.80. The maximum absolute atomic E-state index is 13.1. The van der Waals surface area contributed by atoms with Gasteiger partial charge in [-0.25, -0.2) is 4.79 Å². The van der Waals surface area contributed by atoms with Gasteiger partial charge in [0.05, 0.1) is 12.0 Å². The van der Waals surface area contributed by atoms with Crippen molar-refractivity contribution in [2.75, 3.05) is 7.11 Å². The highest BCUT2D eigenvalue weighted by molar-refractivity contribution is 9.10. The van der Waals surface area contributed by atoms with Crippen LogP contribution in [-0.2, 0) is 4.74 Å². The Labute approximate surface area is 92.1 Å². The largest absolute Gasteiger partial charge is 0.465 e. The van der Waals surface area contributed by atoms with Crippen LogP contribution < -0.4 is 0 Å². The number of rotatable bonds is 2. The van der Waals surface area contributed by atoms with Crippen molar-refractivity contribution in [2.45, 2.75) is 0 Å². The van der Waals surface area contributed by atoms with Gasteiger partial charge in [0.2, 0.25) is 5.82 Å². The molecule has 0 heterocycles. The average Bonchev–Trinajstić information content (AvgIpc) is 2.19. The molecule has 0 radical (unpaired) electrons. The number of hydrogen-bond donors (Lipinski definition) is 0. The smallest absolute Gasteiger partial charge is 0.346 e. The summed E-state index contributed by atoms with van der Waals surface area (Å²) >= 11 is 2.92. The zero-order valence-electron chi connectivity index (χ0n) is 7.49. The van der Waals surface area contributed by atoms with Gasteiger partial charge in [-0.15, -0.1) is 0 Å². The number of methoxy groups -OCH3 is 1. The highest BCUT2D eigenvalue weighted by atomic mass is 79.9. The van der Waals surface area contributed by atoms with Crippen molar-refractivity contribution in [3.8, 4) is 0 Å². The summed E-state index contributed by atoms with van der Waals surface area (Å²) in [5.74, 6) is -2.04. The van der Waals surface area contributed by atoms with Crippen LogP contribution in [0.25, 0.3) is 0 Å². The molecular formula is C8H5BrFNO4. The van der Waals surface area contributed by atoms with Crippen LogP contribution in [-0.4, -0.2) is 18.0 Å². The summed E-state index contributed by atoms with van der Waals surface area (Å²) in [4.78, 5) is 20.8. The predicted molar refractivity (Wildman–Crippen MR) is 52.1 cm³/mol. The minimum atomic E-state index is -1.08. The van der Waals surface area contributed by atoms with Crippen LogP contribution in [0.2, 0.25) is 0 Å². The molecule has 0 saturated carbocycles. The van der Waals surface area contributed by atoms with E-state index < -0.39 is 28.0 Å². The second-order valence-electron chi connectivity index (χ2n) is 2.50. The molecule has 0 aromatic heterocycles. The van der Waals surface area contributed by atoms with Gasteiger partial charge in [-0.2, -0.15) is 4.39 Å². The molecule has 0 bridgehead atoms. The molecular weight excluding hydrogens is 273 g/mol. The molecule has 5 nitrogen and oxygen atoms in total. The van der Waals surface area contributed by atoms with Crippen molar-refractivity contribution in [3.05, 3.63) is 38.1 Å². The molecule has 80 valence electrons. The minimum absolute atomic E-state index is 0.113. The topological polar surface area (TPSA) is 69.4 Å². The molecule has 1 rings (SSSR count). The van der Waals surface area contributed by atoms with Crippen LogP contribution >= 0.6 is 15.9 Å². The Kier molecular flexibility index (Phi) is 3.35. The molecule has 0 aliphatic carbocycles. The summed E-state index contributed by atoms with van der Waals surface area (Å²) in [6.07, 6.45) is 0. The number of hydrogen-bond acceptors (Lipinski definition) is 4. The quantitative estimate of drug-likeness (QED) is 0.472. The van der Waals surface area contributed by atoms with E-state index in [9.17, 15) is 19.3 Å². The lowest BCUT2D eigenvalue weighted by molar-refractivity contribution is -0.387. The van der Waals surface area contributed by atoms with E-state index in [4.69, 9.17) is 0 Å². The lowest BCUT2D eigenvalue weighted by atomic mass is 10.2. The Hall–Kier alpha value is -1.50. The van der Waals surface area contributed by atoms with Crippen LogP contribution in [0, 0.1) is 15.9 Å². The maximum Gasteiger partial charge on any atom is 0.346 e. The van der Waals surface area contributed by atoms with Crippen LogP contribution in [0.4, 0.5) is 10.1 Å². The van der Waals surface area contributed by atoms with E-state index >= 15 is 0 Å². The van der Waals surface area contributed by atoms with E-state index in [1.165, 1.54) is 6.07 Å². The predicted octanol–water partition coefficient (Wildman–Crippen LogP) is 2.28. The number of ether oxygens (including phenoxy) is 1. The fourth-order valence-corrected chi connectivity index (χ4v) is 1.50. The maximum atomic E-state index is 13.1. The van der Waals surface area contributed by atoms with Crippen LogP contribution in [0.5, 0.6) is 0 Å². The van der Waals surface area contributed by atoms with Crippen molar-refractivity contribution >= 4 is 27.6 Å². The number of carbonyl (C=O) groups excluding carboxylic acids is 1. The molecule has 1 aromatic rings. The first kappa shape index (κ1) is 11.6. The SMILES string of the molecule is COC(=O)c1c(Br)ccc(F)c1[N+](=O)[O-]. The van der Waals surface area contributed by atoms with Gasteiger partial charge >= 0.3 is 11.7 Å². The van der Waals surface area contributed by atoms with E-state index in [2.05, 4.69) is 20.7 Å². The Morgan fingerprint density at radius 3 is 2.67 bits per heavy atom. The third kappa shape index (κ3) is 2.12. The molecule has 0 spiro atoms. The Bertz CT molecular complexity index is 435. The number of nitro benzene ring substituents is 1. The van der Waals surface area contributed by atoms with E-state index in [-0.39, 0.29) is 4.47 Å². The molecule has 0 atom stereocenters. The summed E-state index contributed by atoms with van der Waals surface area (Å²) in [6, 6.07) is 2.10. The van der Waals surface area contributed by atoms with Crippen molar-refractivity contribution in [1.82, 2.24) is 0 Å². The molecule has 15 heavy (non-hydrogen) atoms. The number of benzene rings is 1. The fraction of sp³-hybridized carbons (Fsp3) is 0.125. The van der Waals surface area contributed by atoms with Gasteiger partial charge in [0.1, 0.15) is 0 Å². The monoisotopic (exact) mass is 277 g/mol. The zero-order valence-corrected chi connectivity index (χ0v) is 9.08. The highest BCUT2D eigenvalue weighted by Gasteiger charge is 2.28. The van der Waals surface area contributed by atoms with Gasteiger partial charge in [0, 0.05) is 4.47 Å². The first-order valence-electron chi connectivity index (χ1n) is 3.69. The van der Waals surface area contributed by atoms with E-state index in [0.29, 0.717) is 0 Å². The van der Waals surface area contributed by atoms with Crippen molar-refractivity contribution in [1.29, 1.82) is 0 Å². The molecule has 0 saturated heterocycles. The van der Waals surface area contributed by atoms with E-state index in [1.54, 1.807) is 0 Å². The molecule has 7 heteroatoms. The highest BCUT2D eigenvalue weighted by Crippen LogP contribution is 2.29. The van der Waals surface area contributed by atoms with E-state index in [1.807, 2.05) is 0 Å². The minimum Gasteiger partial charge on any atom is -0.465 e. The van der Waals surface area contributed by atoms with Crippen molar-refractivity contribution in [2.24, 2.45) is 0 Å². The van der Waals surface area contributed by atoms with Gasteiger partial charge in [-0.05, 0) is 28.1 Å². The Balaban J connectivity index is 3.52. The second-order valence-corrected chi connectivity index (χ2v) is 3.36. The van der Waals surface area contributed by atoms with Crippen LogP contribution in [0.15, 0.2) is 16.6 Å². The Morgan fingerprint density at radius 1 is 1.60 bits per heavy atom. The molecule has 0 fully saturated rings. The zero-order chi connectivity index (χ0) is 11.6. The number of carbonyl (C=O) groups is 1. The Morgan fingerprint density at radius 2 is 2.20 bits per heavy atom. The van der Waals surface area contributed by atoms with Crippen molar-refractivity contribution in [3.63, 3.8) is 0 Å². The van der Waals surface area contributed by atoms with Crippen LogP contribution in [0.1, 0.15) is 10.4 Å². The third-order valence-corrected chi connectivity index (χ3v) is 2.31. The first-order valence-corrected chi connectivity index (χ1v) is 4.49. The summed E-state index contributed by atoms with van der Waals surface area (Å²) in [5.41, 5.74) is -1.32. The summed E-state index contributed by atoms with van der Waals surface area (Å²) in [6.45, 7) is 0. The summed E-state index contributed by atoms with van der Waals surface area (Å²) in [7, 11) is 1.06. The summed E-state index contributed by atoms with van der Waals surface area (Å²) < 4.78 is 17.5. The molecule has 0 aliphatic heterocycles. The van der Waals surface area contributed by atoms with Crippen LogP contribution in [0.3, 0.4) is 0 Å². The van der Waals surface area contributed by atoms with E-state index in [0.717, 1.165) is 13.2 Å². The average molecular weight is 278 g/mol. The molecule has 1 aromatic carbocycles. The van der Waals surface area contributed by atoms with Gasteiger partial charge in [0.25, 0.3) is 0 Å². The van der Waals surface area contributed by atoms with Gasteiger partial charge in [0.15, 0.2) is 5.56 Å². The molecule has 0 amide bonds. The molecule has 0 unspecified atom stereocenters. The van der Waals surface area contributed by atoms with Gasteiger partial charge in [-0.1, -0.05) is 0 Å². The molecule has 0 N–H and O–H groups in total. The number of esters is 1. The number of nitro groups is 1. The number of halogens is 2. The molecule has 0 aliphatic rings. The van der Waals surface area contributed by atoms with Crippen molar-refractivity contribution < 1.29 is 18.8 Å².